The lowest BCUT2D eigenvalue weighted by atomic mass is 10.1. The van der Waals surface area contributed by atoms with Gasteiger partial charge in [-0.2, -0.15) is 0 Å². The average Bonchev–Trinajstić information content (AvgIpc) is 3.38. The van der Waals surface area contributed by atoms with Crippen LogP contribution in [0, 0.1) is 0 Å². The third-order valence-electron chi connectivity index (χ3n) is 6.09. The molecule has 0 bridgehead atoms. The van der Waals surface area contributed by atoms with Gasteiger partial charge in [0.1, 0.15) is 0 Å². The molecule has 4 heterocycles. The number of methoxy groups -OCH3 is 2. The van der Waals surface area contributed by atoms with Crippen molar-refractivity contribution in [3.05, 3.63) is 53.7 Å². The Kier molecular flexibility index (Phi) is 6.23. The Bertz CT molecular complexity index is 1250. The molecule has 3 aromatic rings. The quantitative estimate of drug-likeness (QED) is 0.549. The fraction of sp³-hybridized carbons (Fsp3) is 0.333. The van der Waals surface area contributed by atoms with Crippen molar-refractivity contribution in [1.29, 1.82) is 0 Å². The first kappa shape index (κ1) is 22.7. The standard InChI is InChI=1S/C24H26N6O5/c1-33-19-10-15-14-30(23(32)16(15)11-20(19)34-2)24-27-13-21(35-24)22(31)28-17-12-26-6-4-18(17)29-8-3-5-25-7-9-29/h4,6,10-13,25H,3,5,7-9,14H2,1-2H3,(H,28,31). The number of nitrogens with zero attached hydrogens (tertiary/aromatic N) is 4. The Morgan fingerprint density at radius 1 is 1.14 bits per heavy atom. The van der Waals surface area contributed by atoms with E-state index in [2.05, 4.69) is 25.5 Å². The highest BCUT2D eigenvalue weighted by atomic mass is 16.5. The molecule has 11 nitrogen and oxygen atoms in total. The summed E-state index contributed by atoms with van der Waals surface area (Å²) in [5.74, 6) is 0.214. The second-order valence-electron chi connectivity index (χ2n) is 8.20. The number of fused-ring (bicyclic) bond motifs is 1. The first-order valence-electron chi connectivity index (χ1n) is 11.3. The van der Waals surface area contributed by atoms with E-state index in [-0.39, 0.29) is 24.2 Å². The summed E-state index contributed by atoms with van der Waals surface area (Å²) < 4.78 is 16.3. The molecule has 2 amide bonds. The molecule has 11 heteroatoms. The van der Waals surface area contributed by atoms with E-state index in [0.29, 0.717) is 22.7 Å². The minimum absolute atomic E-state index is 0.00810. The molecule has 2 aromatic heterocycles. The van der Waals surface area contributed by atoms with Crippen molar-refractivity contribution >= 4 is 29.2 Å². The minimum atomic E-state index is -0.474. The van der Waals surface area contributed by atoms with E-state index in [1.807, 2.05) is 6.07 Å². The van der Waals surface area contributed by atoms with Crippen LogP contribution in [0.4, 0.5) is 17.4 Å². The highest BCUT2D eigenvalue weighted by Gasteiger charge is 2.33. The van der Waals surface area contributed by atoms with Gasteiger partial charge in [0.15, 0.2) is 11.5 Å². The molecule has 0 atom stereocenters. The number of ether oxygens (including phenoxy) is 2. The normalized spacial score (nSPS) is 15.5. The number of hydrogen-bond donors (Lipinski definition) is 2. The lowest BCUT2D eigenvalue weighted by Gasteiger charge is -2.24. The van der Waals surface area contributed by atoms with Gasteiger partial charge in [-0.1, -0.05) is 0 Å². The van der Waals surface area contributed by atoms with E-state index in [0.717, 1.165) is 43.9 Å². The summed E-state index contributed by atoms with van der Waals surface area (Å²) in [6, 6.07) is 5.31. The molecule has 0 spiro atoms. The molecule has 35 heavy (non-hydrogen) atoms. The van der Waals surface area contributed by atoms with Gasteiger partial charge in [-0.15, -0.1) is 0 Å². The SMILES string of the molecule is COc1cc2c(cc1OC)C(=O)N(c1ncc(C(=O)Nc3cnccc3N3CCCNCC3)o1)C2. The van der Waals surface area contributed by atoms with Crippen molar-refractivity contribution in [2.75, 3.05) is 55.5 Å². The largest absolute Gasteiger partial charge is 0.493 e. The Hall–Kier alpha value is -4.12. The second kappa shape index (κ2) is 9.63. The van der Waals surface area contributed by atoms with Gasteiger partial charge in [-0.3, -0.25) is 19.5 Å². The summed E-state index contributed by atoms with van der Waals surface area (Å²) in [6.07, 6.45) is 5.64. The predicted octanol–water partition coefficient (Wildman–Crippen LogP) is 2.30. The van der Waals surface area contributed by atoms with Gasteiger partial charge in [0, 0.05) is 31.4 Å². The van der Waals surface area contributed by atoms with Crippen LogP contribution < -0.4 is 29.9 Å². The molecule has 0 aliphatic carbocycles. The number of hydrogen-bond acceptors (Lipinski definition) is 9. The van der Waals surface area contributed by atoms with Gasteiger partial charge < -0.3 is 29.4 Å². The molecule has 182 valence electrons. The third-order valence-corrected chi connectivity index (χ3v) is 6.09. The van der Waals surface area contributed by atoms with Gasteiger partial charge in [0.25, 0.3) is 11.8 Å². The maximum atomic E-state index is 13.0. The van der Waals surface area contributed by atoms with E-state index < -0.39 is 5.91 Å². The number of benzene rings is 1. The monoisotopic (exact) mass is 478 g/mol. The maximum Gasteiger partial charge on any atom is 0.305 e. The van der Waals surface area contributed by atoms with E-state index in [1.165, 1.54) is 25.3 Å². The van der Waals surface area contributed by atoms with Crippen molar-refractivity contribution < 1.29 is 23.5 Å². The van der Waals surface area contributed by atoms with Crippen LogP contribution >= 0.6 is 0 Å². The van der Waals surface area contributed by atoms with Crippen LogP contribution in [0.5, 0.6) is 11.5 Å². The molecule has 5 rings (SSSR count). The first-order chi connectivity index (χ1) is 17.1. The van der Waals surface area contributed by atoms with Crippen molar-refractivity contribution in [3.63, 3.8) is 0 Å². The summed E-state index contributed by atoms with van der Waals surface area (Å²) in [7, 11) is 3.05. The van der Waals surface area contributed by atoms with Crippen LogP contribution in [0.2, 0.25) is 0 Å². The molecule has 0 unspecified atom stereocenters. The lowest BCUT2D eigenvalue weighted by Crippen LogP contribution is -2.29. The van der Waals surface area contributed by atoms with Crippen LogP contribution in [0.3, 0.4) is 0 Å². The molecule has 1 aromatic carbocycles. The van der Waals surface area contributed by atoms with Crippen molar-refractivity contribution in [2.24, 2.45) is 0 Å². The van der Waals surface area contributed by atoms with Crippen molar-refractivity contribution in [2.45, 2.75) is 13.0 Å². The Morgan fingerprint density at radius 3 is 2.80 bits per heavy atom. The summed E-state index contributed by atoms with van der Waals surface area (Å²) in [5, 5.41) is 6.24. The fourth-order valence-electron chi connectivity index (χ4n) is 4.32. The number of amides is 2. The maximum absolute atomic E-state index is 13.0. The van der Waals surface area contributed by atoms with Gasteiger partial charge in [-0.25, -0.2) is 4.98 Å². The number of pyridine rings is 1. The van der Waals surface area contributed by atoms with Gasteiger partial charge >= 0.3 is 6.01 Å². The van der Waals surface area contributed by atoms with Crippen LogP contribution in [-0.4, -0.2) is 62.2 Å². The van der Waals surface area contributed by atoms with E-state index in [9.17, 15) is 9.59 Å². The van der Waals surface area contributed by atoms with Crippen LogP contribution in [0.15, 0.2) is 41.2 Å². The zero-order chi connectivity index (χ0) is 24.4. The van der Waals surface area contributed by atoms with Gasteiger partial charge in [0.2, 0.25) is 5.76 Å². The minimum Gasteiger partial charge on any atom is -0.493 e. The van der Waals surface area contributed by atoms with Crippen molar-refractivity contribution in [1.82, 2.24) is 15.3 Å². The number of carbonyl (C=O) groups is 2. The summed E-state index contributed by atoms with van der Waals surface area (Å²) in [4.78, 5) is 37.9. The Balaban J connectivity index is 1.33. The van der Waals surface area contributed by atoms with Crippen LogP contribution in [0.1, 0.15) is 32.9 Å². The average molecular weight is 479 g/mol. The number of nitrogens with one attached hydrogen (secondary N) is 2. The van der Waals surface area contributed by atoms with Crippen LogP contribution in [-0.2, 0) is 6.54 Å². The summed E-state index contributed by atoms with van der Waals surface area (Å²) in [5.41, 5.74) is 2.70. The molecule has 0 saturated carbocycles. The number of oxazole rings is 1. The van der Waals surface area contributed by atoms with E-state index >= 15 is 0 Å². The molecule has 2 aliphatic rings. The Morgan fingerprint density at radius 2 is 1.97 bits per heavy atom. The molecule has 2 aliphatic heterocycles. The fourth-order valence-corrected chi connectivity index (χ4v) is 4.32. The summed E-state index contributed by atoms with van der Waals surface area (Å²) in [6.45, 7) is 3.77. The third kappa shape index (κ3) is 4.37. The molecule has 2 N–H and O–H groups in total. The molecule has 1 fully saturated rings. The zero-order valence-corrected chi connectivity index (χ0v) is 19.5. The predicted molar refractivity (Wildman–Crippen MR) is 128 cm³/mol. The first-order valence-corrected chi connectivity index (χ1v) is 11.3. The smallest absolute Gasteiger partial charge is 0.305 e. The number of carbonyl (C=O) groups excluding carboxylic acids is 2. The number of anilines is 3. The lowest BCUT2D eigenvalue weighted by molar-refractivity contribution is 0.0974. The highest BCUT2D eigenvalue weighted by molar-refractivity contribution is 6.10. The molecular formula is C24H26N6O5. The van der Waals surface area contributed by atoms with E-state index in [4.69, 9.17) is 13.9 Å². The molecular weight excluding hydrogens is 452 g/mol. The second-order valence-corrected chi connectivity index (χ2v) is 8.20. The summed E-state index contributed by atoms with van der Waals surface area (Å²) >= 11 is 0. The van der Waals surface area contributed by atoms with Gasteiger partial charge in [0.05, 0.1) is 44.5 Å². The molecule has 1 saturated heterocycles. The molecule has 0 radical (unpaired) electrons. The number of rotatable bonds is 6. The number of aromatic nitrogens is 2. The van der Waals surface area contributed by atoms with Gasteiger partial charge in [-0.05, 0) is 36.7 Å². The highest BCUT2D eigenvalue weighted by Crippen LogP contribution is 2.36. The zero-order valence-electron chi connectivity index (χ0n) is 19.5. The Labute approximate surface area is 202 Å². The topological polar surface area (TPSA) is 122 Å². The van der Waals surface area contributed by atoms with Crippen LogP contribution in [0.25, 0.3) is 0 Å². The van der Waals surface area contributed by atoms with Crippen molar-refractivity contribution in [3.8, 4) is 11.5 Å². The van der Waals surface area contributed by atoms with E-state index in [1.54, 1.807) is 24.5 Å².